The van der Waals surface area contributed by atoms with E-state index in [0.29, 0.717) is 11.8 Å². The lowest BCUT2D eigenvalue weighted by Crippen LogP contribution is -2.50. The van der Waals surface area contributed by atoms with Crippen molar-refractivity contribution in [1.29, 1.82) is 0 Å². The summed E-state index contributed by atoms with van der Waals surface area (Å²) >= 11 is 0. The van der Waals surface area contributed by atoms with Crippen molar-refractivity contribution in [2.75, 3.05) is 40.3 Å². The summed E-state index contributed by atoms with van der Waals surface area (Å²) in [4.78, 5) is 16.6. The average Bonchev–Trinajstić information content (AvgIpc) is 2.32. The average molecular weight is 269 g/mol. The van der Waals surface area contributed by atoms with Crippen LogP contribution in [0.3, 0.4) is 0 Å². The highest BCUT2D eigenvalue weighted by molar-refractivity contribution is 5.81. The third kappa shape index (κ3) is 5.91. The molecule has 0 aromatic heterocycles. The van der Waals surface area contributed by atoms with Gasteiger partial charge in [-0.05, 0) is 58.8 Å². The van der Waals surface area contributed by atoms with Crippen LogP contribution in [0.1, 0.15) is 33.6 Å². The van der Waals surface area contributed by atoms with Crippen molar-refractivity contribution < 1.29 is 4.79 Å². The molecule has 1 saturated heterocycles. The van der Waals surface area contributed by atoms with E-state index in [-0.39, 0.29) is 11.9 Å². The van der Waals surface area contributed by atoms with E-state index in [1.54, 1.807) is 0 Å². The molecule has 0 spiro atoms. The van der Waals surface area contributed by atoms with Gasteiger partial charge in [0.1, 0.15) is 0 Å². The van der Waals surface area contributed by atoms with Crippen molar-refractivity contribution in [2.24, 2.45) is 11.8 Å². The van der Waals surface area contributed by atoms with Gasteiger partial charge in [-0.25, -0.2) is 0 Å². The van der Waals surface area contributed by atoms with E-state index in [4.69, 9.17) is 0 Å². The van der Waals surface area contributed by atoms with E-state index < -0.39 is 0 Å². The van der Waals surface area contributed by atoms with Crippen LogP contribution in [-0.4, -0.2) is 62.0 Å². The van der Waals surface area contributed by atoms with Crippen LogP contribution in [0.4, 0.5) is 0 Å². The molecule has 0 aromatic rings. The van der Waals surface area contributed by atoms with Crippen LogP contribution < -0.4 is 5.32 Å². The second-order valence-electron chi connectivity index (χ2n) is 6.52. The molecule has 1 aliphatic rings. The maximum atomic E-state index is 12.4. The third-order valence-corrected chi connectivity index (χ3v) is 3.78. The summed E-state index contributed by atoms with van der Waals surface area (Å²) in [6, 6.07) is -0.0559. The number of hydrogen-bond donors (Lipinski definition) is 1. The summed E-state index contributed by atoms with van der Waals surface area (Å²) in [5.41, 5.74) is 0. The molecule has 0 radical (unpaired) electrons. The van der Waals surface area contributed by atoms with Crippen molar-refractivity contribution in [1.82, 2.24) is 15.1 Å². The minimum Gasteiger partial charge on any atom is -0.341 e. The van der Waals surface area contributed by atoms with Crippen LogP contribution in [0, 0.1) is 11.8 Å². The van der Waals surface area contributed by atoms with Crippen LogP contribution in [0.2, 0.25) is 0 Å². The first-order valence-electron chi connectivity index (χ1n) is 7.57. The second kappa shape index (κ2) is 7.85. The molecule has 3 atom stereocenters. The summed E-state index contributed by atoms with van der Waals surface area (Å²) in [7, 11) is 4.15. The molecule has 0 bridgehead atoms. The van der Waals surface area contributed by atoms with Crippen LogP contribution in [0.15, 0.2) is 0 Å². The molecule has 4 nitrogen and oxygen atoms in total. The van der Waals surface area contributed by atoms with Crippen LogP contribution in [0.5, 0.6) is 0 Å². The highest BCUT2D eigenvalue weighted by Gasteiger charge is 2.27. The van der Waals surface area contributed by atoms with E-state index in [0.717, 1.165) is 32.6 Å². The monoisotopic (exact) mass is 269 g/mol. The number of rotatable bonds is 6. The number of nitrogens with one attached hydrogen (secondary N) is 1. The van der Waals surface area contributed by atoms with Gasteiger partial charge in [-0.15, -0.1) is 0 Å². The second-order valence-corrected chi connectivity index (χ2v) is 6.52. The summed E-state index contributed by atoms with van der Waals surface area (Å²) < 4.78 is 0. The Labute approximate surface area is 118 Å². The Morgan fingerprint density at radius 3 is 2.42 bits per heavy atom. The topological polar surface area (TPSA) is 35.6 Å². The summed E-state index contributed by atoms with van der Waals surface area (Å²) in [5.74, 6) is 1.53. The van der Waals surface area contributed by atoms with Crippen molar-refractivity contribution in [2.45, 2.75) is 39.7 Å². The van der Waals surface area contributed by atoms with Gasteiger partial charge in [0.2, 0.25) is 5.91 Å². The molecule has 19 heavy (non-hydrogen) atoms. The van der Waals surface area contributed by atoms with Gasteiger partial charge in [0, 0.05) is 13.1 Å². The predicted molar refractivity (Wildman–Crippen MR) is 80.2 cm³/mol. The first-order valence-corrected chi connectivity index (χ1v) is 7.57. The molecule has 1 N–H and O–H groups in total. The predicted octanol–water partition coefficient (Wildman–Crippen LogP) is 1.42. The van der Waals surface area contributed by atoms with Gasteiger partial charge in [0.15, 0.2) is 0 Å². The highest BCUT2D eigenvalue weighted by atomic mass is 16.2. The Balaban J connectivity index is 2.31. The van der Waals surface area contributed by atoms with Gasteiger partial charge >= 0.3 is 0 Å². The zero-order valence-electron chi connectivity index (χ0n) is 13.3. The Morgan fingerprint density at radius 2 is 1.89 bits per heavy atom. The van der Waals surface area contributed by atoms with Crippen LogP contribution in [-0.2, 0) is 4.79 Å². The van der Waals surface area contributed by atoms with Crippen molar-refractivity contribution in [3.05, 3.63) is 0 Å². The lowest BCUT2D eigenvalue weighted by Gasteiger charge is -2.36. The quantitative estimate of drug-likeness (QED) is 0.741. The summed E-state index contributed by atoms with van der Waals surface area (Å²) in [6.07, 6.45) is 2.33. The Morgan fingerprint density at radius 1 is 1.32 bits per heavy atom. The fourth-order valence-electron chi connectivity index (χ4n) is 2.92. The Kier molecular flexibility index (Phi) is 6.80. The molecule has 0 saturated carbocycles. The van der Waals surface area contributed by atoms with Gasteiger partial charge < -0.3 is 15.1 Å². The van der Waals surface area contributed by atoms with Gasteiger partial charge in [0.05, 0.1) is 6.04 Å². The number of likely N-dealkylation sites (tertiary alicyclic amines) is 1. The molecule has 112 valence electrons. The molecule has 1 rings (SSSR count). The molecular formula is C15H31N3O. The molecule has 0 unspecified atom stereocenters. The zero-order valence-corrected chi connectivity index (χ0v) is 13.3. The third-order valence-electron chi connectivity index (χ3n) is 3.78. The van der Waals surface area contributed by atoms with Gasteiger partial charge in [-0.3, -0.25) is 4.79 Å². The molecule has 4 heteroatoms. The zero-order chi connectivity index (χ0) is 14.4. The number of piperidine rings is 1. The number of nitrogens with zero attached hydrogens (tertiary/aromatic N) is 2. The van der Waals surface area contributed by atoms with Crippen LogP contribution >= 0.6 is 0 Å². The van der Waals surface area contributed by atoms with Crippen molar-refractivity contribution in [3.8, 4) is 0 Å². The molecule has 1 fully saturated rings. The molecule has 0 aromatic carbocycles. The molecule has 1 aliphatic heterocycles. The Bertz CT molecular complexity index is 271. The fourth-order valence-corrected chi connectivity index (χ4v) is 2.92. The maximum Gasteiger partial charge on any atom is 0.239 e. The molecular weight excluding hydrogens is 238 g/mol. The molecule has 1 amide bonds. The van der Waals surface area contributed by atoms with E-state index >= 15 is 0 Å². The lowest BCUT2D eigenvalue weighted by atomic mass is 9.91. The van der Waals surface area contributed by atoms with E-state index in [9.17, 15) is 4.79 Å². The number of hydrogen-bond acceptors (Lipinski definition) is 3. The van der Waals surface area contributed by atoms with Crippen molar-refractivity contribution in [3.63, 3.8) is 0 Å². The van der Waals surface area contributed by atoms with Gasteiger partial charge in [-0.1, -0.05) is 13.8 Å². The minimum absolute atomic E-state index is 0.0559. The standard InChI is InChI=1S/C15H31N3O/c1-12-9-13(2)11-18(10-12)15(19)14(3)16-7-6-8-17(4)5/h12-14,16H,6-11H2,1-5H3/t12-,13+,14-/m0/s1. The maximum absolute atomic E-state index is 12.4. The van der Waals surface area contributed by atoms with E-state index in [1.807, 2.05) is 11.8 Å². The summed E-state index contributed by atoms with van der Waals surface area (Å²) in [5, 5.41) is 3.35. The Hall–Kier alpha value is -0.610. The van der Waals surface area contributed by atoms with E-state index in [1.165, 1.54) is 6.42 Å². The first-order chi connectivity index (χ1) is 8.90. The highest BCUT2D eigenvalue weighted by Crippen LogP contribution is 2.21. The first kappa shape index (κ1) is 16.4. The number of amides is 1. The summed E-state index contributed by atoms with van der Waals surface area (Å²) in [6.45, 7) is 10.3. The van der Waals surface area contributed by atoms with Gasteiger partial charge in [-0.2, -0.15) is 0 Å². The number of carbonyl (C=O) groups excluding carboxylic acids is 1. The normalized spacial score (nSPS) is 25.7. The molecule has 0 aliphatic carbocycles. The molecule has 1 heterocycles. The van der Waals surface area contributed by atoms with Crippen LogP contribution in [0.25, 0.3) is 0 Å². The lowest BCUT2D eigenvalue weighted by molar-refractivity contribution is -0.135. The smallest absolute Gasteiger partial charge is 0.239 e. The number of carbonyl (C=O) groups is 1. The fraction of sp³-hybridized carbons (Fsp3) is 0.933. The largest absolute Gasteiger partial charge is 0.341 e. The van der Waals surface area contributed by atoms with Crippen molar-refractivity contribution >= 4 is 5.91 Å². The van der Waals surface area contributed by atoms with E-state index in [2.05, 4.69) is 38.2 Å². The SMILES string of the molecule is C[C@@H]1C[C@H](C)CN(C(=O)[C@H](C)NCCCN(C)C)C1. The van der Waals surface area contributed by atoms with Gasteiger partial charge in [0.25, 0.3) is 0 Å². The minimum atomic E-state index is -0.0559.